The lowest BCUT2D eigenvalue weighted by molar-refractivity contribution is 0.202. The van der Waals surface area contributed by atoms with Crippen LogP contribution >= 0.6 is 0 Å². The molecule has 0 saturated carbocycles. The zero-order valence-corrected chi connectivity index (χ0v) is 11.1. The number of aryl methyl sites for hydroxylation is 1. The summed E-state index contributed by atoms with van der Waals surface area (Å²) in [6, 6.07) is 17.3. The second-order valence-electron chi connectivity index (χ2n) is 4.67. The lowest BCUT2D eigenvalue weighted by Gasteiger charge is -2.09. The highest BCUT2D eigenvalue weighted by Crippen LogP contribution is 2.15. The van der Waals surface area contributed by atoms with Crippen molar-refractivity contribution in [2.75, 3.05) is 13.7 Å². The van der Waals surface area contributed by atoms with Gasteiger partial charge in [0.05, 0.1) is 6.61 Å². The second kappa shape index (κ2) is 6.36. The van der Waals surface area contributed by atoms with Crippen LogP contribution in [-0.4, -0.2) is 13.7 Å². The van der Waals surface area contributed by atoms with Gasteiger partial charge in [-0.25, -0.2) is 0 Å². The van der Waals surface area contributed by atoms with Crippen LogP contribution in [0.3, 0.4) is 0 Å². The number of benzene rings is 2. The molecular formula is C17H20O. The molecule has 0 aliphatic carbocycles. The third-order valence-electron chi connectivity index (χ3n) is 3.24. The molecule has 2 aromatic rings. The zero-order chi connectivity index (χ0) is 12.8. The van der Waals surface area contributed by atoms with Crippen LogP contribution in [0.5, 0.6) is 0 Å². The molecule has 0 amide bonds. The minimum atomic E-state index is 0.787. The minimum Gasteiger partial charge on any atom is -0.384 e. The van der Waals surface area contributed by atoms with E-state index in [4.69, 9.17) is 4.74 Å². The molecule has 0 radical (unpaired) electrons. The summed E-state index contributed by atoms with van der Waals surface area (Å²) >= 11 is 0. The number of ether oxygens (including phenoxy) is 1. The van der Waals surface area contributed by atoms with Gasteiger partial charge in [0.15, 0.2) is 0 Å². The molecule has 0 spiro atoms. The first kappa shape index (κ1) is 12.8. The molecule has 0 aliphatic heterocycles. The van der Waals surface area contributed by atoms with E-state index in [9.17, 15) is 0 Å². The van der Waals surface area contributed by atoms with Crippen molar-refractivity contribution in [3.63, 3.8) is 0 Å². The smallest absolute Gasteiger partial charge is 0.0502 e. The Labute approximate surface area is 109 Å². The summed E-state index contributed by atoms with van der Waals surface area (Å²) in [7, 11) is 1.75. The highest BCUT2D eigenvalue weighted by atomic mass is 16.5. The van der Waals surface area contributed by atoms with Crippen molar-refractivity contribution in [2.45, 2.75) is 19.8 Å². The van der Waals surface area contributed by atoms with Crippen molar-refractivity contribution in [1.29, 1.82) is 0 Å². The fourth-order valence-corrected chi connectivity index (χ4v) is 2.15. The number of rotatable bonds is 5. The number of methoxy groups -OCH3 is 1. The quantitative estimate of drug-likeness (QED) is 0.773. The van der Waals surface area contributed by atoms with Crippen molar-refractivity contribution >= 4 is 0 Å². The summed E-state index contributed by atoms with van der Waals surface area (Å²) in [6.07, 6.45) is 1.99. The zero-order valence-electron chi connectivity index (χ0n) is 11.1. The summed E-state index contributed by atoms with van der Waals surface area (Å²) in [5.41, 5.74) is 5.48. The lowest BCUT2D eigenvalue weighted by Crippen LogP contribution is -1.99. The molecule has 2 rings (SSSR count). The lowest BCUT2D eigenvalue weighted by atomic mass is 9.98. The molecule has 0 saturated heterocycles. The van der Waals surface area contributed by atoms with E-state index in [2.05, 4.69) is 55.5 Å². The maximum Gasteiger partial charge on any atom is 0.0502 e. The fraction of sp³-hybridized carbons (Fsp3) is 0.294. The minimum absolute atomic E-state index is 0.787. The van der Waals surface area contributed by atoms with Gasteiger partial charge in [0.25, 0.3) is 0 Å². The maximum absolute atomic E-state index is 5.16. The van der Waals surface area contributed by atoms with E-state index in [1.165, 1.54) is 22.3 Å². The molecule has 0 unspecified atom stereocenters. The van der Waals surface area contributed by atoms with Gasteiger partial charge in [0.1, 0.15) is 0 Å². The molecule has 2 aromatic carbocycles. The first-order valence-corrected chi connectivity index (χ1v) is 6.41. The van der Waals surface area contributed by atoms with Gasteiger partial charge in [0.2, 0.25) is 0 Å². The van der Waals surface area contributed by atoms with Crippen molar-refractivity contribution in [3.05, 3.63) is 70.8 Å². The van der Waals surface area contributed by atoms with Gasteiger partial charge >= 0.3 is 0 Å². The van der Waals surface area contributed by atoms with Gasteiger partial charge in [-0.2, -0.15) is 0 Å². The fourth-order valence-electron chi connectivity index (χ4n) is 2.15. The largest absolute Gasteiger partial charge is 0.384 e. The molecule has 0 atom stereocenters. The SMILES string of the molecule is COCCc1cc(Cc2ccccc2)ccc1C. The van der Waals surface area contributed by atoms with Crippen LogP contribution in [0.4, 0.5) is 0 Å². The van der Waals surface area contributed by atoms with E-state index in [0.717, 1.165) is 19.4 Å². The van der Waals surface area contributed by atoms with E-state index < -0.39 is 0 Å². The van der Waals surface area contributed by atoms with Gasteiger partial charge in [0, 0.05) is 7.11 Å². The van der Waals surface area contributed by atoms with Crippen molar-refractivity contribution in [2.24, 2.45) is 0 Å². The molecular weight excluding hydrogens is 220 g/mol. The highest BCUT2D eigenvalue weighted by molar-refractivity contribution is 5.34. The van der Waals surface area contributed by atoms with E-state index in [1.807, 2.05) is 0 Å². The molecule has 0 aliphatic rings. The Morgan fingerprint density at radius 3 is 2.44 bits per heavy atom. The highest BCUT2D eigenvalue weighted by Gasteiger charge is 2.01. The van der Waals surface area contributed by atoms with Gasteiger partial charge in [-0.1, -0.05) is 48.5 Å². The van der Waals surface area contributed by atoms with Crippen LogP contribution in [0.2, 0.25) is 0 Å². The van der Waals surface area contributed by atoms with Gasteiger partial charge < -0.3 is 4.74 Å². The van der Waals surface area contributed by atoms with E-state index >= 15 is 0 Å². The molecule has 0 bridgehead atoms. The molecule has 0 fully saturated rings. The van der Waals surface area contributed by atoms with Crippen molar-refractivity contribution < 1.29 is 4.74 Å². The third-order valence-corrected chi connectivity index (χ3v) is 3.24. The summed E-state index contributed by atoms with van der Waals surface area (Å²) in [5, 5.41) is 0. The van der Waals surface area contributed by atoms with Crippen LogP contribution < -0.4 is 0 Å². The third kappa shape index (κ3) is 3.44. The second-order valence-corrected chi connectivity index (χ2v) is 4.67. The first-order chi connectivity index (χ1) is 8.79. The van der Waals surface area contributed by atoms with Crippen LogP contribution in [0.25, 0.3) is 0 Å². The summed E-state index contributed by atoms with van der Waals surface area (Å²) in [6.45, 7) is 2.95. The predicted octanol–water partition coefficient (Wildman–Crippen LogP) is 3.77. The Kier molecular flexibility index (Phi) is 4.54. The molecule has 0 heterocycles. The van der Waals surface area contributed by atoms with E-state index in [0.29, 0.717) is 0 Å². The Bertz CT molecular complexity index is 488. The van der Waals surface area contributed by atoms with E-state index in [1.54, 1.807) is 7.11 Å². The van der Waals surface area contributed by atoms with Crippen molar-refractivity contribution in [1.82, 2.24) is 0 Å². The topological polar surface area (TPSA) is 9.23 Å². The number of hydrogen-bond donors (Lipinski definition) is 0. The van der Waals surface area contributed by atoms with Gasteiger partial charge in [-0.05, 0) is 42.0 Å². The number of hydrogen-bond acceptors (Lipinski definition) is 1. The van der Waals surface area contributed by atoms with Crippen LogP contribution in [0, 0.1) is 6.92 Å². The predicted molar refractivity (Wildman–Crippen MR) is 76.0 cm³/mol. The standard InChI is InChI=1S/C17H20O/c1-14-8-9-16(13-17(14)10-11-18-2)12-15-6-4-3-5-7-15/h3-9,13H,10-12H2,1-2H3. The van der Waals surface area contributed by atoms with Crippen molar-refractivity contribution in [3.8, 4) is 0 Å². The molecule has 1 nitrogen and oxygen atoms in total. The Hall–Kier alpha value is -1.60. The Balaban J connectivity index is 2.14. The molecule has 94 valence electrons. The Morgan fingerprint density at radius 1 is 0.944 bits per heavy atom. The van der Waals surface area contributed by atoms with Crippen LogP contribution in [0.15, 0.2) is 48.5 Å². The molecule has 0 aromatic heterocycles. The van der Waals surface area contributed by atoms with E-state index in [-0.39, 0.29) is 0 Å². The molecule has 18 heavy (non-hydrogen) atoms. The van der Waals surface area contributed by atoms with Crippen LogP contribution in [-0.2, 0) is 17.6 Å². The Morgan fingerprint density at radius 2 is 1.72 bits per heavy atom. The summed E-state index contributed by atoms with van der Waals surface area (Å²) < 4.78 is 5.16. The average molecular weight is 240 g/mol. The molecule has 0 N–H and O–H groups in total. The average Bonchev–Trinajstić information content (AvgIpc) is 2.40. The normalized spacial score (nSPS) is 10.6. The first-order valence-electron chi connectivity index (χ1n) is 6.41. The van der Waals surface area contributed by atoms with Crippen LogP contribution in [0.1, 0.15) is 22.3 Å². The maximum atomic E-state index is 5.16. The van der Waals surface area contributed by atoms with Gasteiger partial charge in [-0.15, -0.1) is 0 Å². The summed E-state index contributed by atoms with van der Waals surface area (Å²) in [5.74, 6) is 0. The summed E-state index contributed by atoms with van der Waals surface area (Å²) in [4.78, 5) is 0. The monoisotopic (exact) mass is 240 g/mol. The van der Waals surface area contributed by atoms with Gasteiger partial charge in [-0.3, -0.25) is 0 Å². The molecule has 1 heteroatoms.